The zero-order valence-electron chi connectivity index (χ0n) is 11.4. The fraction of sp³-hybridized carbons (Fsp3) is 0.846. The van der Waals surface area contributed by atoms with Gasteiger partial charge < -0.3 is 19.6 Å². The average molecular weight is 270 g/mol. The van der Waals surface area contributed by atoms with E-state index < -0.39 is 5.97 Å². The van der Waals surface area contributed by atoms with E-state index >= 15 is 0 Å². The Labute approximate surface area is 113 Å². The van der Waals surface area contributed by atoms with Crippen molar-refractivity contribution < 1.29 is 19.4 Å². The number of rotatable bonds is 3. The van der Waals surface area contributed by atoms with Crippen LogP contribution in [0.2, 0.25) is 0 Å². The molecular formula is C13H22N2O4. The number of aliphatic carboxylic acids is 1. The van der Waals surface area contributed by atoms with Crippen LogP contribution in [0.4, 0.5) is 4.79 Å². The second-order valence-corrected chi connectivity index (χ2v) is 5.37. The van der Waals surface area contributed by atoms with E-state index in [1.54, 1.807) is 4.90 Å². The highest BCUT2D eigenvalue weighted by molar-refractivity contribution is 5.75. The number of hydrogen-bond donors (Lipinski definition) is 1. The molecule has 0 aromatic heterocycles. The first-order valence-corrected chi connectivity index (χ1v) is 6.93. The number of hydrogen-bond acceptors (Lipinski definition) is 3. The Kier molecular flexibility index (Phi) is 4.63. The largest absolute Gasteiger partial charge is 0.481 e. The van der Waals surface area contributed by atoms with E-state index in [0.29, 0.717) is 25.7 Å². The maximum absolute atomic E-state index is 12.4. The van der Waals surface area contributed by atoms with Gasteiger partial charge in [0.1, 0.15) is 0 Å². The van der Waals surface area contributed by atoms with Gasteiger partial charge in [-0.25, -0.2) is 4.79 Å². The molecule has 6 heteroatoms. The summed E-state index contributed by atoms with van der Waals surface area (Å²) in [4.78, 5) is 26.6. The van der Waals surface area contributed by atoms with Crippen LogP contribution in [0.1, 0.15) is 32.1 Å². The highest BCUT2D eigenvalue weighted by atomic mass is 16.5. The van der Waals surface area contributed by atoms with Crippen molar-refractivity contribution in [3.63, 3.8) is 0 Å². The first-order valence-electron chi connectivity index (χ1n) is 6.93. The SMILES string of the molecule is CN(C(=O)N1CCOC(CC(=O)O)C1)C1CCCC1. The predicted octanol–water partition coefficient (Wildman–Crippen LogP) is 1.16. The standard InChI is InChI=1S/C13H22N2O4/c1-14(10-4-2-3-5-10)13(18)15-6-7-19-11(9-15)8-12(16)17/h10-11H,2-9H2,1H3,(H,16,17). The van der Waals surface area contributed by atoms with Gasteiger partial charge in [0.25, 0.3) is 0 Å². The maximum atomic E-state index is 12.4. The number of ether oxygens (including phenoxy) is 1. The third kappa shape index (κ3) is 3.59. The summed E-state index contributed by atoms with van der Waals surface area (Å²) in [6.07, 6.45) is 4.10. The minimum absolute atomic E-state index is 0.00517. The third-order valence-electron chi connectivity index (χ3n) is 3.99. The van der Waals surface area contributed by atoms with Gasteiger partial charge in [-0.1, -0.05) is 12.8 Å². The number of carbonyl (C=O) groups is 2. The molecule has 1 aliphatic carbocycles. The van der Waals surface area contributed by atoms with Crippen molar-refractivity contribution in [3.05, 3.63) is 0 Å². The van der Waals surface area contributed by atoms with Gasteiger partial charge >= 0.3 is 12.0 Å². The Hall–Kier alpha value is -1.30. The summed E-state index contributed by atoms with van der Waals surface area (Å²) in [5.41, 5.74) is 0. The van der Waals surface area contributed by atoms with Crippen LogP contribution >= 0.6 is 0 Å². The summed E-state index contributed by atoms with van der Waals surface area (Å²) in [6, 6.07) is 0.346. The van der Waals surface area contributed by atoms with E-state index in [1.807, 2.05) is 11.9 Å². The molecule has 0 radical (unpaired) electrons. The highest BCUT2D eigenvalue weighted by Gasteiger charge is 2.31. The molecule has 1 aliphatic heterocycles. The van der Waals surface area contributed by atoms with Gasteiger partial charge in [-0.3, -0.25) is 4.79 Å². The number of morpholine rings is 1. The molecule has 108 valence electrons. The lowest BCUT2D eigenvalue weighted by Gasteiger charge is -2.36. The Morgan fingerprint density at radius 2 is 2.05 bits per heavy atom. The molecule has 1 saturated carbocycles. The molecule has 2 aliphatic rings. The molecule has 2 rings (SSSR count). The Morgan fingerprint density at radius 3 is 2.68 bits per heavy atom. The number of urea groups is 1. The van der Waals surface area contributed by atoms with Crippen LogP contribution in [0.15, 0.2) is 0 Å². The molecule has 19 heavy (non-hydrogen) atoms. The smallest absolute Gasteiger partial charge is 0.320 e. The van der Waals surface area contributed by atoms with E-state index in [9.17, 15) is 9.59 Å². The van der Waals surface area contributed by atoms with Gasteiger partial charge in [-0.15, -0.1) is 0 Å². The summed E-state index contributed by atoms with van der Waals surface area (Å²) in [5.74, 6) is -0.886. The minimum atomic E-state index is -0.886. The quantitative estimate of drug-likeness (QED) is 0.835. The molecule has 0 aromatic carbocycles. The number of carboxylic acids is 1. The second-order valence-electron chi connectivity index (χ2n) is 5.37. The molecule has 2 fully saturated rings. The molecule has 1 N–H and O–H groups in total. The molecular weight excluding hydrogens is 248 g/mol. The van der Waals surface area contributed by atoms with Crippen molar-refractivity contribution in [3.8, 4) is 0 Å². The van der Waals surface area contributed by atoms with E-state index in [4.69, 9.17) is 9.84 Å². The fourth-order valence-electron chi connectivity index (χ4n) is 2.88. The monoisotopic (exact) mass is 270 g/mol. The van der Waals surface area contributed by atoms with Crippen molar-refractivity contribution in [2.75, 3.05) is 26.7 Å². The van der Waals surface area contributed by atoms with Crippen LogP contribution in [0.25, 0.3) is 0 Å². The van der Waals surface area contributed by atoms with Gasteiger partial charge in [0.05, 0.1) is 19.1 Å². The summed E-state index contributed by atoms with van der Waals surface area (Å²) in [5, 5.41) is 8.78. The van der Waals surface area contributed by atoms with Crippen molar-refractivity contribution in [2.24, 2.45) is 0 Å². The van der Waals surface area contributed by atoms with Crippen LogP contribution < -0.4 is 0 Å². The molecule has 1 heterocycles. The van der Waals surface area contributed by atoms with Gasteiger partial charge in [0.2, 0.25) is 0 Å². The first kappa shape index (κ1) is 14.1. The Morgan fingerprint density at radius 1 is 1.37 bits per heavy atom. The van der Waals surface area contributed by atoms with Crippen molar-refractivity contribution in [1.29, 1.82) is 0 Å². The summed E-state index contributed by atoms with van der Waals surface area (Å²) >= 11 is 0. The van der Waals surface area contributed by atoms with Gasteiger partial charge in [0.15, 0.2) is 0 Å². The Balaban J connectivity index is 1.88. The zero-order valence-corrected chi connectivity index (χ0v) is 11.4. The number of carboxylic acid groups (broad SMARTS) is 1. The van der Waals surface area contributed by atoms with Crippen molar-refractivity contribution in [1.82, 2.24) is 9.80 Å². The Bertz CT molecular complexity index is 342. The average Bonchev–Trinajstić information content (AvgIpc) is 2.90. The van der Waals surface area contributed by atoms with E-state index in [2.05, 4.69) is 0 Å². The molecule has 1 unspecified atom stereocenters. The molecule has 0 spiro atoms. The molecule has 1 saturated heterocycles. The van der Waals surface area contributed by atoms with E-state index in [-0.39, 0.29) is 18.6 Å². The lowest BCUT2D eigenvalue weighted by Crippen LogP contribution is -2.52. The molecule has 0 bridgehead atoms. The first-order chi connectivity index (χ1) is 9.08. The predicted molar refractivity (Wildman–Crippen MR) is 69.0 cm³/mol. The second kappa shape index (κ2) is 6.23. The lowest BCUT2D eigenvalue weighted by atomic mass is 10.2. The van der Waals surface area contributed by atoms with Crippen molar-refractivity contribution >= 4 is 12.0 Å². The van der Waals surface area contributed by atoms with Crippen LogP contribution in [-0.2, 0) is 9.53 Å². The van der Waals surface area contributed by atoms with Gasteiger partial charge in [0, 0.05) is 26.2 Å². The molecule has 1 atom stereocenters. The number of amides is 2. The van der Waals surface area contributed by atoms with E-state index in [1.165, 1.54) is 12.8 Å². The third-order valence-corrected chi connectivity index (χ3v) is 3.99. The summed E-state index contributed by atoms with van der Waals surface area (Å²) in [7, 11) is 1.85. The van der Waals surface area contributed by atoms with Crippen LogP contribution in [0, 0.1) is 0 Å². The topological polar surface area (TPSA) is 70.1 Å². The van der Waals surface area contributed by atoms with Crippen LogP contribution in [0.3, 0.4) is 0 Å². The fourth-order valence-corrected chi connectivity index (χ4v) is 2.88. The lowest BCUT2D eigenvalue weighted by molar-refractivity contribution is -0.141. The summed E-state index contributed by atoms with van der Waals surface area (Å²) in [6.45, 7) is 1.34. The number of carbonyl (C=O) groups excluding carboxylic acids is 1. The number of nitrogens with zero attached hydrogens (tertiary/aromatic N) is 2. The van der Waals surface area contributed by atoms with Crippen LogP contribution in [0.5, 0.6) is 0 Å². The minimum Gasteiger partial charge on any atom is -0.481 e. The van der Waals surface area contributed by atoms with Gasteiger partial charge in [-0.05, 0) is 12.8 Å². The summed E-state index contributed by atoms with van der Waals surface area (Å²) < 4.78 is 5.38. The zero-order chi connectivity index (χ0) is 13.8. The van der Waals surface area contributed by atoms with Gasteiger partial charge in [-0.2, -0.15) is 0 Å². The molecule has 2 amide bonds. The molecule has 0 aromatic rings. The normalized spacial score (nSPS) is 24.5. The van der Waals surface area contributed by atoms with Crippen molar-refractivity contribution in [2.45, 2.75) is 44.2 Å². The maximum Gasteiger partial charge on any atom is 0.320 e. The molecule has 6 nitrogen and oxygen atoms in total. The van der Waals surface area contributed by atoms with E-state index in [0.717, 1.165) is 12.8 Å². The van der Waals surface area contributed by atoms with Crippen LogP contribution in [-0.4, -0.2) is 65.8 Å². The highest BCUT2D eigenvalue weighted by Crippen LogP contribution is 2.23.